The van der Waals surface area contributed by atoms with Crippen LogP contribution in [0.25, 0.3) is 0 Å². The van der Waals surface area contributed by atoms with Crippen LogP contribution in [-0.4, -0.2) is 47.5 Å². The van der Waals surface area contributed by atoms with Gasteiger partial charge in [0.1, 0.15) is 11.5 Å². The molecule has 0 amide bonds. The number of nitrogens with zero attached hydrogens (tertiary/aromatic N) is 3. The minimum atomic E-state index is 0. The van der Waals surface area contributed by atoms with Crippen LogP contribution in [0.5, 0.6) is 5.75 Å². The van der Waals surface area contributed by atoms with Crippen molar-refractivity contribution in [2.75, 3.05) is 26.0 Å². The first kappa shape index (κ1) is 19.6. The van der Waals surface area contributed by atoms with Crippen molar-refractivity contribution in [3.8, 4) is 5.75 Å². The number of amidine groups is 2. The van der Waals surface area contributed by atoms with Gasteiger partial charge >= 0.3 is 5.84 Å². The summed E-state index contributed by atoms with van der Waals surface area (Å²) in [5.41, 5.74) is 7.00. The van der Waals surface area contributed by atoms with Crippen LogP contribution >= 0.6 is 11.8 Å². The highest BCUT2D eigenvalue weighted by molar-refractivity contribution is 8.14. The van der Waals surface area contributed by atoms with Crippen LogP contribution in [-0.2, 0) is 6.54 Å². The molecule has 1 saturated heterocycles. The van der Waals surface area contributed by atoms with Gasteiger partial charge in [0.25, 0.3) is 5.17 Å². The maximum absolute atomic E-state index is 6.00. The number of aliphatic imine (C=N–C) groups is 2. The molecule has 0 bridgehead atoms. The maximum atomic E-state index is 6.00. The molecule has 0 aromatic heterocycles. The van der Waals surface area contributed by atoms with Crippen LogP contribution in [0.4, 0.5) is 0 Å². The number of ether oxygens (including phenoxy) is 1. The minimum absolute atomic E-state index is 0. The van der Waals surface area contributed by atoms with Gasteiger partial charge in [-0.3, -0.25) is 9.89 Å². The van der Waals surface area contributed by atoms with Crippen molar-refractivity contribution in [2.45, 2.75) is 25.8 Å². The van der Waals surface area contributed by atoms with Crippen LogP contribution in [0.3, 0.4) is 0 Å². The fourth-order valence-electron chi connectivity index (χ4n) is 2.85. The third-order valence-electron chi connectivity index (χ3n) is 4.14. The number of guanidine groups is 1. The molecule has 1 aromatic rings. The first-order valence-corrected chi connectivity index (χ1v) is 9.26. The number of rotatable bonds is 3. The smallest absolute Gasteiger partial charge is 0.307 e. The van der Waals surface area contributed by atoms with E-state index in [0.29, 0.717) is 12.5 Å². The molecule has 6 nitrogen and oxygen atoms in total. The predicted molar refractivity (Wildman–Crippen MR) is 100 cm³/mol. The van der Waals surface area contributed by atoms with Gasteiger partial charge in [-0.15, -0.1) is 0 Å². The molecule has 0 aliphatic carbocycles. The van der Waals surface area contributed by atoms with Crippen molar-refractivity contribution in [1.29, 1.82) is 0 Å². The molecule has 0 spiro atoms. The number of hydrogen-bond donors (Lipinski definition) is 2. The fraction of sp³-hybridized carbons (Fsp3) is 0.471. The highest BCUT2D eigenvalue weighted by atomic mass is 35.5. The molecule has 0 atom stereocenters. The van der Waals surface area contributed by atoms with E-state index in [2.05, 4.69) is 19.9 Å². The van der Waals surface area contributed by atoms with Crippen molar-refractivity contribution in [1.82, 2.24) is 5.32 Å². The summed E-state index contributed by atoms with van der Waals surface area (Å²) in [5, 5.41) is 3.94. The fourth-order valence-corrected chi connectivity index (χ4v) is 3.71. The van der Waals surface area contributed by atoms with Crippen molar-refractivity contribution in [3.63, 3.8) is 0 Å². The van der Waals surface area contributed by atoms with Crippen LogP contribution in [0.15, 0.2) is 34.3 Å². The Hall–Kier alpha value is -1.73. The lowest BCUT2D eigenvalue weighted by molar-refractivity contribution is -0.538. The van der Waals surface area contributed by atoms with E-state index in [1.807, 2.05) is 24.3 Å². The predicted octanol–water partition coefficient (Wildman–Crippen LogP) is -1.20. The van der Waals surface area contributed by atoms with E-state index in [4.69, 9.17) is 10.5 Å². The Balaban J connectivity index is 0.00000225. The van der Waals surface area contributed by atoms with Gasteiger partial charge in [-0.2, -0.15) is 0 Å². The molecular weight excluding hydrogens is 358 g/mol. The van der Waals surface area contributed by atoms with E-state index in [0.717, 1.165) is 41.2 Å². The van der Waals surface area contributed by atoms with Crippen molar-refractivity contribution in [2.24, 2.45) is 15.7 Å². The number of para-hydroxylation sites is 1. The molecule has 2 aliphatic heterocycles. The maximum Gasteiger partial charge on any atom is 0.307 e. The Kier molecular flexibility index (Phi) is 7.58. The second-order valence-electron chi connectivity index (χ2n) is 5.81. The number of halogens is 1. The average Bonchev–Trinajstić information content (AvgIpc) is 3.09. The summed E-state index contributed by atoms with van der Waals surface area (Å²) in [4.78, 5) is 9.06. The molecule has 8 heteroatoms. The van der Waals surface area contributed by atoms with Crippen LogP contribution in [0.2, 0.25) is 0 Å². The summed E-state index contributed by atoms with van der Waals surface area (Å²) < 4.78 is 7.71. The van der Waals surface area contributed by atoms with E-state index in [1.165, 1.54) is 19.3 Å². The lowest BCUT2D eigenvalue weighted by Crippen LogP contribution is -3.00. The van der Waals surface area contributed by atoms with Gasteiger partial charge in [0, 0.05) is 5.56 Å². The molecule has 25 heavy (non-hydrogen) atoms. The van der Waals surface area contributed by atoms with E-state index in [1.54, 1.807) is 18.9 Å². The van der Waals surface area contributed by atoms with Crippen LogP contribution < -0.4 is 28.2 Å². The highest BCUT2D eigenvalue weighted by Gasteiger charge is 2.26. The van der Waals surface area contributed by atoms with E-state index in [-0.39, 0.29) is 12.4 Å². The van der Waals surface area contributed by atoms with Gasteiger partial charge in [-0.05, 0) is 42.1 Å². The summed E-state index contributed by atoms with van der Waals surface area (Å²) in [6.45, 7) is 2.71. The average molecular weight is 382 g/mol. The molecule has 0 radical (unpaired) electrons. The van der Waals surface area contributed by atoms with Crippen LogP contribution in [0, 0.1) is 0 Å². The van der Waals surface area contributed by atoms with E-state index in [9.17, 15) is 0 Å². The Bertz CT molecular complexity index is 681. The molecule has 2 aliphatic rings. The minimum Gasteiger partial charge on any atom is -1.00 e. The summed E-state index contributed by atoms with van der Waals surface area (Å²) in [6, 6.07) is 7.81. The first-order valence-electron chi connectivity index (χ1n) is 8.27. The molecule has 1 fully saturated rings. The third kappa shape index (κ3) is 5.37. The molecule has 0 saturated carbocycles. The van der Waals surface area contributed by atoms with E-state index < -0.39 is 0 Å². The molecule has 1 aromatic carbocycles. The van der Waals surface area contributed by atoms with Crippen molar-refractivity contribution in [3.05, 3.63) is 29.8 Å². The Morgan fingerprint density at radius 2 is 2.08 bits per heavy atom. The zero-order valence-corrected chi connectivity index (χ0v) is 15.9. The molecular formula is C17H24ClN5OS. The van der Waals surface area contributed by atoms with Crippen molar-refractivity contribution < 1.29 is 21.7 Å². The topological polar surface area (TPSA) is 75.0 Å². The van der Waals surface area contributed by atoms with Crippen molar-refractivity contribution >= 4 is 28.7 Å². The lowest BCUT2D eigenvalue weighted by Gasteiger charge is -2.12. The number of nitrogens with one attached hydrogen (secondary N) is 1. The van der Waals surface area contributed by atoms with Crippen LogP contribution in [0.1, 0.15) is 24.8 Å². The molecule has 0 unspecified atom stereocenters. The highest BCUT2D eigenvalue weighted by Crippen LogP contribution is 2.18. The van der Waals surface area contributed by atoms with Gasteiger partial charge in [-0.1, -0.05) is 18.2 Å². The summed E-state index contributed by atoms with van der Waals surface area (Å²) in [5.74, 6) is 3.26. The lowest BCUT2D eigenvalue weighted by atomic mass is 10.2. The third-order valence-corrected chi connectivity index (χ3v) is 5.01. The Labute approximate surface area is 159 Å². The molecule has 3 rings (SSSR count). The second kappa shape index (κ2) is 9.68. The van der Waals surface area contributed by atoms with Gasteiger partial charge in [0.05, 0.1) is 26.7 Å². The van der Waals surface area contributed by atoms with Gasteiger partial charge in [0.2, 0.25) is 0 Å². The number of nitrogens with two attached hydrogens (primary N) is 1. The first-order chi connectivity index (χ1) is 11.8. The summed E-state index contributed by atoms with van der Waals surface area (Å²) in [7, 11) is 1.66. The van der Waals surface area contributed by atoms with E-state index >= 15 is 0 Å². The van der Waals surface area contributed by atoms with Gasteiger partial charge in [0.15, 0.2) is 5.96 Å². The molecule has 136 valence electrons. The number of benzene rings is 1. The number of piperidine rings is 1. The van der Waals surface area contributed by atoms with Gasteiger partial charge in [-0.25, -0.2) is 4.99 Å². The standard InChI is InChI=1S/C17H23N5OS.ClH/c1-23-14-8-4-3-7-13(14)11-19-16(18)21-17-20-15(12-24-17)22-9-5-2-6-10-22;/h3-4,7-8H,2,5-6,9-12H2,1H3,(H2,18,19);1H. The Morgan fingerprint density at radius 1 is 1.32 bits per heavy atom. The largest absolute Gasteiger partial charge is 1.00 e. The number of hydrogen-bond acceptors (Lipinski definition) is 3. The summed E-state index contributed by atoms with van der Waals surface area (Å²) >= 11 is 1.68. The second-order valence-corrected chi connectivity index (χ2v) is 6.77. The number of methoxy groups -OCH3 is 1. The Morgan fingerprint density at radius 3 is 2.84 bits per heavy atom. The zero-order chi connectivity index (χ0) is 16.8. The normalized spacial score (nSPS) is 17.8. The number of thioether (sulfide) groups is 1. The molecule has 2 heterocycles. The van der Waals surface area contributed by atoms with Gasteiger partial charge < -0.3 is 22.9 Å². The summed E-state index contributed by atoms with van der Waals surface area (Å²) in [6.07, 6.45) is 3.85. The molecule has 3 N–H and O–H groups in total. The zero-order valence-electron chi connectivity index (χ0n) is 14.4. The monoisotopic (exact) mass is 381 g/mol. The quantitative estimate of drug-likeness (QED) is 0.392. The SMILES string of the molecule is COc1ccccc1CN=C(N)NC1=NC(=[N+]2CCCCC2)CS1.[Cl-].